The van der Waals surface area contributed by atoms with Gasteiger partial charge < -0.3 is 25.4 Å². The number of esters is 1. The number of hydrogen-bond donors (Lipinski definition) is 3. The zero-order chi connectivity index (χ0) is 30.4. The highest BCUT2D eigenvalue weighted by Gasteiger charge is 2.23. The number of methoxy groups -OCH3 is 1. The van der Waals surface area contributed by atoms with Crippen LogP contribution >= 0.6 is 0 Å². The maximum atomic E-state index is 13.5. The molecule has 1 aromatic heterocycles. The molecule has 10 heteroatoms. The molecule has 1 heterocycles. The SMILES string of the molecule is COC(=O)CCc1ccccc1NC(=O)[C@H](CCCNC(=O)OCc1ccccc1)NC(=O)c1ccnc2ccccc12. The minimum Gasteiger partial charge on any atom is -0.469 e. The predicted molar refractivity (Wildman–Crippen MR) is 162 cm³/mol. The zero-order valence-electron chi connectivity index (χ0n) is 23.9. The van der Waals surface area contributed by atoms with Crippen LogP contribution < -0.4 is 16.0 Å². The predicted octanol–water partition coefficient (Wildman–Crippen LogP) is 4.78. The Hall–Kier alpha value is -5.25. The van der Waals surface area contributed by atoms with Crippen molar-refractivity contribution in [1.82, 2.24) is 15.6 Å². The van der Waals surface area contributed by atoms with E-state index in [1.54, 1.807) is 30.5 Å². The number of carbonyl (C=O) groups excluding carboxylic acids is 4. The van der Waals surface area contributed by atoms with Crippen LogP contribution in [0.15, 0.2) is 91.1 Å². The lowest BCUT2D eigenvalue weighted by Gasteiger charge is -2.20. The number of carbonyl (C=O) groups is 4. The molecule has 3 N–H and O–H groups in total. The summed E-state index contributed by atoms with van der Waals surface area (Å²) in [7, 11) is 1.33. The number of aromatic nitrogens is 1. The number of nitrogens with one attached hydrogen (secondary N) is 3. The molecule has 3 amide bonds. The molecule has 4 aromatic rings. The van der Waals surface area contributed by atoms with Crippen LogP contribution in [0.3, 0.4) is 0 Å². The van der Waals surface area contributed by atoms with Gasteiger partial charge in [-0.15, -0.1) is 0 Å². The number of aryl methyl sites for hydroxylation is 1. The summed E-state index contributed by atoms with van der Waals surface area (Å²) >= 11 is 0. The van der Waals surface area contributed by atoms with Gasteiger partial charge in [-0.2, -0.15) is 0 Å². The van der Waals surface area contributed by atoms with Crippen LogP contribution in [0.1, 0.15) is 40.7 Å². The number of hydrogen-bond acceptors (Lipinski definition) is 7. The van der Waals surface area contributed by atoms with E-state index in [0.29, 0.717) is 35.0 Å². The van der Waals surface area contributed by atoms with Gasteiger partial charge in [-0.1, -0.05) is 66.7 Å². The van der Waals surface area contributed by atoms with Gasteiger partial charge in [0.25, 0.3) is 5.91 Å². The number of ether oxygens (including phenoxy) is 2. The summed E-state index contributed by atoms with van der Waals surface area (Å²) in [6, 6.07) is 24.4. The fourth-order valence-electron chi connectivity index (χ4n) is 4.49. The van der Waals surface area contributed by atoms with Crippen molar-refractivity contribution in [2.75, 3.05) is 19.0 Å². The van der Waals surface area contributed by atoms with Gasteiger partial charge in [0.05, 0.1) is 18.2 Å². The summed E-state index contributed by atoms with van der Waals surface area (Å²) in [4.78, 5) is 55.1. The number of anilines is 1. The third-order valence-electron chi connectivity index (χ3n) is 6.77. The lowest BCUT2D eigenvalue weighted by Crippen LogP contribution is -2.44. The van der Waals surface area contributed by atoms with E-state index in [0.717, 1.165) is 11.1 Å². The van der Waals surface area contributed by atoms with Crippen molar-refractivity contribution in [3.8, 4) is 0 Å². The second-order valence-corrected chi connectivity index (χ2v) is 9.75. The quantitative estimate of drug-likeness (QED) is 0.152. The maximum Gasteiger partial charge on any atom is 0.407 e. The Morgan fingerprint density at radius 3 is 2.44 bits per heavy atom. The Balaban J connectivity index is 1.42. The first-order valence-corrected chi connectivity index (χ1v) is 14.0. The number of benzene rings is 3. The van der Waals surface area contributed by atoms with Gasteiger partial charge >= 0.3 is 12.1 Å². The molecule has 0 aliphatic rings. The maximum absolute atomic E-state index is 13.5. The Bertz CT molecular complexity index is 1550. The molecule has 4 rings (SSSR count). The molecule has 0 unspecified atom stereocenters. The summed E-state index contributed by atoms with van der Waals surface area (Å²) in [5, 5.41) is 9.12. The molecule has 222 valence electrons. The van der Waals surface area contributed by atoms with Gasteiger partial charge in [0, 0.05) is 30.2 Å². The summed E-state index contributed by atoms with van der Waals surface area (Å²) < 4.78 is 9.99. The normalized spacial score (nSPS) is 11.3. The summed E-state index contributed by atoms with van der Waals surface area (Å²) in [6.07, 6.45) is 2.14. The van der Waals surface area contributed by atoms with E-state index in [-0.39, 0.29) is 32.0 Å². The number of para-hydroxylation sites is 2. The lowest BCUT2D eigenvalue weighted by molar-refractivity contribution is -0.140. The molecule has 3 aromatic carbocycles. The highest BCUT2D eigenvalue weighted by molar-refractivity contribution is 6.08. The third-order valence-corrected chi connectivity index (χ3v) is 6.77. The molecule has 0 saturated carbocycles. The van der Waals surface area contributed by atoms with Crippen LogP contribution in [0.25, 0.3) is 10.9 Å². The Morgan fingerprint density at radius 1 is 0.884 bits per heavy atom. The zero-order valence-corrected chi connectivity index (χ0v) is 23.9. The molecule has 0 saturated heterocycles. The van der Waals surface area contributed by atoms with E-state index in [1.165, 1.54) is 7.11 Å². The molecular weight excluding hydrogens is 548 g/mol. The van der Waals surface area contributed by atoms with Crippen LogP contribution in [-0.2, 0) is 32.1 Å². The summed E-state index contributed by atoms with van der Waals surface area (Å²) in [5.74, 6) is -1.21. The smallest absolute Gasteiger partial charge is 0.407 e. The van der Waals surface area contributed by atoms with E-state index in [4.69, 9.17) is 9.47 Å². The topological polar surface area (TPSA) is 136 Å². The number of fused-ring (bicyclic) bond motifs is 1. The second-order valence-electron chi connectivity index (χ2n) is 9.75. The van der Waals surface area contributed by atoms with Gasteiger partial charge in [0.15, 0.2) is 0 Å². The van der Waals surface area contributed by atoms with Gasteiger partial charge in [-0.3, -0.25) is 19.4 Å². The fraction of sp³-hybridized carbons (Fsp3) is 0.242. The Kier molecular flexibility index (Phi) is 11.2. The highest BCUT2D eigenvalue weighted by Crippen LogP contribution is 2.19. The highest BCUT2D eigenvalue weighted by atomic mass is 16.5. The first kappa shape index (κ1) is 30.7. The van der Waals surface area contributed by atoms with Gasteiger partial charge in [0.2, 0.25) is 5.91 Å². The molecule has 10 nitrogen and oxygen atoms in total. The minimum absolute atomic E-state index is 0.142. The van der Waals surface area contributed by atoms with E-state index >= 15 is 0 Å². The number of amides is 3. The van der Waals surface area contributed by atoms with Crippen molar-refractivity contribution < 1.29 is 28.7 Å². The molecule has 43 heavy (non-hydrogen) atoms. The molecule has 0 aliphatic carbocycles. The summed E-state index contributed by atoms with van der Waals surface area (Å²) in [5.41, 5.74) is 3.22. The Labute approximate surface area is 249 Å². The van der Waals surface area contributed by atoms with Crippen LogP contribution in [0.5, 0.6) is 0 Å². The first-order valence-electron chi connectivity index (χ1n) is 14.0. The average molecular weight is 583 g/mol. The van der Waals surface area contributed by atoms with E-state index in [2.05, 4.69) is 20.9 Å². The van der Waals surface area contributed by atoms with Gasteiger partial charge in [-0.05, 0) is 48.6 Å². The molecule has 0 aliphatic heterocycles. The molecule has 0 radical (unpaired) electrons. The molecule has 0 fully saturated rings. The lowest BCUT2D eigenvalue weighted by atomic mass is 10.0. The van der Waals surface area contributed by atoms with Crippen molar-refractivity contribution in [2.45, 2.75) is 38.3 Å². The molecule has 1 atom stereocenters. The molecule has 0 spiro atoms. The van der Waals surface area contributed by atoms with E-state index in [1.807, 2.05) is 60.7 Å². The average Bonchev–Trinajstić information content (AvgIpc) is 3.04. The number of pyridine rings is 1. The van der Waals surface area contributed by atoms with E-state index < -0.39 is 23.9 Å². The second kappa shape index (κ2) is 15.7. The van der Waals surface area contributed by atoms with Crippen molar-refractivity contribution in [3.63, 3.8) is 0 Å². The van der Waals surface area contributed by atoms with Crippen LogP contribution in [-0.4, -0.2) is 48.6 Å². The van der Waals surface area contributed by atoms with Gasteiger partial charge in [0.1, 0.15) is 12.6 Å². The van der Waals surface area contributed by atoms with E-state index in [9.17, 15) is 19.2 Å². The molecule has 0 bridgehead atoms. The standard InChI is InChI=1S/C33H34N4O6/c1-42-30(38)18-17-24-12-5-7-14-27(24)36-32(40)29(16-9-20-35-33(41)43-22-23-10-3-2-4-11-23)37-31(39)26-19-21-34-28-15-8-6-13-25(26)28/h2-8,10-15,19,21,29H,9,16-18,20,22H2,1H3,(H,35,41)(H,36,40)(H,37,39)/t29-/m0/s1. The molecular formula is C33H34N4O6. The number of alkyl carbamates (subject to hydrolysis) is 1. The van der Waals surface area contributed by atoms with Crippen LogP contribution in [0, 0.1) is 0 Å². The largest absolute Gasteiger partial charge is 0.469 e. The van der Waals surface area contributed by atoms with Crippen molar-refractivity contribution in [2.24, 2.45) is 0 Å². The third kappa shape index (κ3) is 9.12. The number of rotatable bonds is 13. The Morgan fingerprint density at radius 2 is 1.63 bits per heavy atom. The number of nitrogens with zero attached hydrogens (tertiary/aromatic N) is 1. The van der Waals surface area contributed by atoms with Crippen LogP contribution in [0.4, 0.5) is 10.5 Å². The van der Waals surface area contributed by atoms with Crippen molar-refractivity contribution >= 4 is 40.5 Å². The van der Waals surface area contributed by atoms with Crippen LogP contribution in [0.2, 0.25) is 0 Å². The minimum atomic E-state index is -0.921. The fourth-order valence-corrected chi connectivity index (χ4v) is 4.49. The van der Waals surface area contributed by atoms with Crippen molar-refractivity contribution in [3.05, 3.63) is 108 Å². The first-order chi connectivity index (χ1) is 20.9. The monoisotopic (exact) mass is 582 g/mol. The van der Waals surface area contributed by atoms with Crippen molar-refractivity contribution in [1.29, 1.82) is 0 Å². The summed E-state index contributed by atoms with van der Waals surface area (Å²) in [6.45, 7) is 0.379. The van der Waals surface area contributed by atoms with Gasteiger partial charge in [-0.25, -0.2) is 4.79 Å².